The van der Waals surface area contributed by atoms with Gasteiger partial charge in [0.15, 0.2) is 0 Å². The van der Waals surface area contributed by atoms with Gasteiger partial charge in [0, 0.05) is 0 Å². The second kappa shape index (κ2) is 47.4. The molecule has 0 aromatic heterocycles. The quantitative estimate of drug-likeness (QED) is 0.0393. The lowest BCUT2D eigenvalue weighted by molar-refractivity contribution is -0.132. The summed E-state index contributed by atoms with van der Waals surface area (Å²) in [6, 6.07) is -0.980. The van der Waals surface area contributed by atoms with Gasteiger partial charge in [-0.3, -0.25) is 4.79 Å². The number of unbranched alkanes of at least 4 members (excludes halogenated alkanes) is 40. The van der Waals surface area contributed by atoms with Crippen LogP contribution in [0, 0.1) is 0 Å². The highest BCUT2D eigenvalue weighted by Crippen LogP contribution is 2.18. The summed E-state index contributed by atoms with van der Waals surface area (Å²) < 4.78 is 0. The summed E-state index contributed by atoms with van der Waals surface area (Å²) in [6.07, 6.45) is 53.0. The van der Waals surface area contributed by atoms with E-state index in [0.717, 1.165) is 38.5 Å². The van der Waals surface area contributed by atoms with Crippen LogP contribution >= 0.6 is 0 Å². The van der Waals surface area contributed by atoms with Gasteiger partial charge >= 0.3 is 0 Å². The number of hydrogen-bond acceptors (Lipinski definition) is 5. The highest BCUT2D eigenvalue weighted by Gasteiger charge is 2.28. The van der Waals surface area contributed by atoms with Gasteiger partial charge in [0.25, 0.3) is 0 Å². The van der Waals surface area contributed by atoms with Crippen LogP contribution in [0.1, 0.15) is 296 Å². The molecule has 0 saturated heterocycles. The van der Waals surface area contributed by atoms with Gasteiger partial charge in [0.05, 0.1) is 18.8 Å². The molecule has 348 valence electrons. The Morgan fingerprint density at radius 3 is 0.828 bits per heavy atom. The minimum atomic E-state index is -1.25. The van der Waals surface area contributed by atoms with Crippen LogP contribution in [0.5, 0.6) is 0 Å². The Labute approximate surface area is 362 Å². The second-order valence-corrected chi connectivity index (χ2v) is 18.6. The van der Waals surface area contributed by atoms with Gasteiger partial charge in [-0.25, -0.2) is 0 Å². The van der Waals surface area contributed by atoms with Crippen molar-refractivity contribution in [2.75, 3.05) is 6.61 Å². The van der Waals surface area contributed by atoms with Crippen LogP contribution in [0.3, 0.4) is 0 Å². The fraction of sp³-hybridized carbons (Fsp3) is 0.981. The topological polar surface area (TPSA) is 110 Å². The minimum Gasteiger partial charge on any atom is -0.394 e. The van der Waals surface area contributed by atoms with Crippen LogP contribution < -0.4 is 5.32 Å². The van der Waals surface area contributed by atoms with E-state index in [1.807, 2.05) is 0 Å². The van der Waals surface area contributed by atoms with Crippen molar-refractivity contribution in [3.8, 4) is 0 Å². The van der Waals surface area contributed by atoms with Crippen molar-refractivity contribution >= 4 is 5.91 Å². The van der Waals surface area contributed by atoms with Crippen LogP contribution in [-0.2, 0) is 4.79 Å². The van der Waals surface area contributed by atoms with Crippen LogP contribution in [0.25, 0.3) is 0 Å². The number of rotatable bonds is 49. The van der Waals surface area contributed by atoms with Crippen molar-refractivity contribution in [3.05, 3.63) is 0 Å². The molecule has 4 unspecified atom stereocenters. The summed E-state index contributed by atoms with van der Waals surface area (Å²) in [5, 5.41) is 43.9. The fourth-order valence-electron chi connectivity index (χ4n) is 8.64. The zero-order chi connectivity index (χ0) is 42.4. The first-order valence-electron chi connectivity index (χ1n) is 26.4. The van der Waals surface area contributed by atoms with E-state index in [-0.39, 0.29) is 0 Å². The van der Waals surface area contributed by atoms with Gasteiger partial charge < -0.3 is 25.7 Å². The van der Waals surface area contributed by atoms with E-state index < -0.39 is 36.9 Å². The molecule has 0 aliphatic rings. The Bertz CT molecular complexity index is 796. The summed E-state index contributed by atoms with van der Waals surface area (Å²) in [5.41, 5.74) is 0. The van der Waals surface area contributed by atoms with Gasteiger partial charge in [-0.1, -0.05) is 284 Å². The highest BCUT2D eigenvalue weighted by atomic mass is 16.3. The Hall–Kier alpha value is -0.690. The van der Waals surface area contributed by atoms with E-state index in [1.165, 1.54) is 231 Å². The summed E-state index contributed by atoms with van der Waals surface area (Å²) >= 11 is 0. The molecule has 6 nitrogen and oxygen atoms in total. The maximum Gasteiger partial charge on any atom is 0.249 e. The number of carbonyl (C=O) groups excluding carboxylic acids is 1. The standard InChI is InChI=1S/C52H105NO5/c1-3-5-7-9-11-13-15-17-19-21-23-24-25-26-27-28-30-31-33-35-37-39-41-43-45-49(55)51(57)48(47-54)53-52(58)50(56)46-44-42-40-38-36-34-32-29-22-20-18-16-14-12-10-8-6-4-2/h48-51,54-57H,3-47H2,1-2H3,(H,53,58). The largest absolute Gasteiger partial charge is 0.394 e. The molecule has 0 aliphatic carbocycles. The van der Waals surface area contributed by atoms with Gasteiger partial charge in [-0.05, 0) is 12.8 Å². The fourth-order valence-corrected chi connectivity index (χ4v) is 8.64. The third kappa shape index (κ3) is 40.7. The molecule has 0 bridgehead atoms. The van der Waals surface area contributed by atoms with E-state index in [0.29, 0.717) is 12.8 Å². The molecule has 58 heavy (non-hydrogen) atoms. The third-order valence-electron chi connectivity index (χ3n) is 12.8. The van der Waals surface area contributed by atoms with Crippen molar-refractivity contribution in [1.82, 2.24) is 5.32 Å². The molecule has 0 saturated carbocycles. The molecule has 0 aliphatic heterocycles. The van der Waals surface area contributed by atoms with E-state index in [9.17, 15) is 25.2 Å². The summed E-state index contributed by atoms with van der Waals surface area (Å²) in [5.74, 6) is -0.577. The number of amides is 1. The number of hydrogen-bond donors (Lipinski definition) is 5. The van der Waals surface area contributed by atoms with Gasteiger partial charge in [0.1, 0.15) is 12.2 Å². The minimum absolute atomic E-state index is 0.376. The Kier molecular flexibility index (Phi) is 46.8. The van der Waals surface area contributed by atoms with Crippen molar-refractivity contribution in [2.45, 2.75) is 321 Å². The Morgan fingerprint density at radius 2 is 0.586 bits per heavy atom. The first kappa shape index (κ1) is 57.3. The van der Waals surface area contributed by atoms with E-state index in [2.05, 4.69) is 19.2 Å². The van der Waals surface area contributed by atoms with Gasteiger partial charge in [-0.2, -0.15) is 0 Å². The summed E-state index contributed by atoms with van der Waals surface area (Å²) in [6.45, 7) is 4.09. The zero-order valence-corrected chi connectivity index (χ0v) is 39.3. The molecule has 0 heterocycles. The van der Waals surface area contributed by atoms with Crippen molar-refractivity contribution in [3.63, 3.8) is 0 Å². The molecule has 0 aromatic carbocycles. The molecule has 1 amide bonds. The van der Waals surface area contributed by atoms with Crippen molar-refractivity contribution in [2.24, 2.45) is 0 Å². The molecular formula is C52H105NO5. The lowest BCUT2D eigenvalue weighted by atomic mass is 9.99. The maximum atomic E-state index is 12.6. The molecule has 4 atom stereocenters. The molecular weight excluding hydrogens is 719 g/mol. The van der Waals surface area contributed by atoms with E-state index in [4.69, 9.17) is 0 Å². The lowest BCUT2D eigenvalue weighted by Crippen LogP contribution is -2.53. The smallest absolute Gasteiger partial charge is 0.249 e. The normalized spacial score (nSPS) is 13.8. The first-order valence-corrected chi connectivity index (χ1v) is 26.4. The van der Waals surface area contributed by atoms with Crippen LogP contribution in [-0.4, -0.2) is 57.3 Å². The monoisotopic (exact) mass is 824 g/mol. The Balaban J connectivity index is 3.61. The summed E-state index contributed by atoms with van der Waals surface area (Å²) in [7, 11) is 0. The molecule has 0 aromatic rings. The molecule has 0 radical (unpaired) electrons. The maximum absolute atomic E-state index is 12.6. The number of aliphatic hydroxyl groups is 4. The van der Waals surface area contributed by atoms with E-state index >= 15 is 0 Å². The number of aliphatic hydroxyl groups excluding tert-OH is 4. The van der Waals surface area contributed by atoms with Crippen LogP contribution in [0.15, 0.2) is 0 Å². The first-order chi connectivity index (χ1) is 28.5. The third-order valence-corrected chi connectivity index (χ3v) is 12.8. The van der Waals surface area contributed by atoms with Gasteiger partial charge in [-0.15, -0.1) is 0 Å². The van der Waals surface area contributed by atoms with Gasteiger partial charge in [0.2, 0.25) is 5.91 Å². The molecule has 0 spiro atoms. The number of carbonyl (C=O) groups is 1. The predicted molar refractivity (Wildman–Crippen MR) is 252 cm³/mol. The number of nitrogens with one attached hydrogen (secondary N) is 1. The lowest BCUT2D eigenvalue weighted by Gasteiger charge is -2.27. The molecule has 0 rings (SSSR count). The van der Waals surface area contributed by atoms with Crippen molar-refractivity contribution < 1.29 is 25.2 Å². The average molecular weight is 824 g/mol. The average Bonchev–Trinajstić information content (AvgIpc) is 3.23. The second-order valence-electron chi connectivity index (χ2n) is 18.6. The van der Waals surface area contributed by atoms with E-state index in [1.54, 1.807) is 0 Å². The zero-order valence-electron chi connectivity index (χ0n) is 39.3. The van der Waals surface area contributed by atoms with Crippen LogP contribution in [0.2, 0.25) is 0 Å². The van der Waals surface area contributed by atoms with Crippen molar-refractivity contribution in [1.29, 1.82) is 0 Å². The Morgan fingerprint density at radius 1 is 0.362 bits per heavy atom. The summed E-state index contributed by atoms with van der Waals surface area (Å²) in [4.78, 5) is 12.6. The highest BCUT2D eigenvalue weighted by molar-refractivity contribution is 5.80. The SMILES string of the molecule is CCCCCCCCCCCCCCCCCCCCCCCCCCC(O)C(O)C(CO)NC(=O)C(O)CCCCCCCCCCCCCCCCCCCC. The molecule has 5 N–H and O–H groups in total. The van der Waals surface area contributed by atoms with Crippen LogP contribution in [0.4, 0.5) is 0 Å². The molecule has 0 fully saturated rings. The predicted octanol–water partition coefficient (Wildman–Crippen LogP) is 14.8. The molecule has 6 heteroatoms.